The molecule has 0 heterocycles. The van der Waals surface area contributed by atoms with E-state index in [-0.39, 0.29) is 12.0 Å². The first-order valence-corrected chi connectivity index (χ1v) is 6.40. The first-order chi connectivity index (χ1) is 9.11. The Morgan fingerprint density at radius 3 is 2.58 bits per heavy atom. The normalized spacial score (nSPS) is 11.9. The summed E-state index contributed by atoms with van der Waals surface area (Å²) in [4.78, 5) is 11.6. The van der Waals surface area contributed by atoms with Crippen molar-refractivity contribution in [2.45, 2.75) is 19.4 Å². The lowest BCUT2D eigenvalue weighted by molar-refractivity contribution is -0.120. The standard InChI is InChI=1S/C14H22N2O3/c1-11(17)10-15-7-8-16-14(18)9-12-3-5-13(19-2)6-4-12/h3-6,11,15,17H,7-10H2,1-2H3,(H,16,18). The molecule has 0 fully saturated rings. The zero-order chi connectivity index (χ0) is 14.1. The van der Waals surface area contributed by atoms with Crippen molar-refractivity contribution in [1.29, 1.82) is 0 Å². The van der Waals surface area contributed by atoms with Crippen molar-refractivity contribution in [3.63, 3.8) is 0 Å². The maximum atomic E-state index is 11.6. The molecule has 1 amide bonds. The Morgan fingerprint density at radius 1 is 1.32 bits per heavy atom. The first-order valence-electron chi connectivity index (χ1n) is 6.40. The van der Waals surface area contributed by atoms with E-state index in [1.54, 1.807) is 14.0 Å². The van der Waals surface area contributed by atoms with E-state index in [0.717, 1.165) is 11.3 Å². The van der Waals surface area contributed by atoms with E-state index in [0.29, 0.717) is 26.1 Å². The largest absolute Gasteiger partial charge is 0.497 e. The number of benzene rings is 1. The molecule has 5 nitrogen and oxygen atoms in total. The van der Waals surface area contributed by atoms with Gasteiger partial charge in [-0.3, -0.25) is 4.79 Å². The van der Waals surface area contributed by atoms with Gasteiger partial charge in [0.1, 0.15) is 5.75 Å². The number of nitrogens with one attached hydrogen (secondary N) is 2. The fourth-order valence-corrected chi connectivity index (χ4v) is 1.59. The minimum Gasteiger partial charge on any atom is -0.497 e. The molecule has 19 heavy (non-hydrogen) atoms. The molecule has 0 aromatic heterocycles. The van der Waals surface area contributed by atoms with Crippen molar-refractivity contribution < 1.29 is 14.6 Å². The Balaban J connectivity index is 2.19. The smallest absolute Gasteiger partial charge is 0.224 e. The molecular weight excluding hydrogens is 244 g/mol. The van der Waals surface area contributed by atoms with Crippen molar-refractivity contribution >= 4 is 5.91 Å². The van der Waals surface area contributed by atoms with E-state index in [2.05, 4.69) is 10.6 Å². The van der Waals surface area contributed by atoms with Gasteiger partial charge in [-0.15, -0.1) is 0 Å². The number of aliphatic hydroxyl groups is 1. The highest BCUT2D eigenvalue weighted by Gasteiger charge is 2.03. The number of aliphatic hydroxyl groups excluding tert-OH is 1. The van der Waals surface area contributed by atoms with E-state index >= 15 is 0 Å². The molecule has 1 unspecified atom stereocenters. The highest BCUT2D eigenvalue weighted by Crippen LogP contribution is 2.11. The molecule has 0 saturated carbocycles. The molecule has 0 aliphatic carbocycles. The minimum absolute atomic E-state index is 0.0102. The second-order valence-corrected chi connectivity index (χ2v) is 4.43. The van der Waals surface area contributed by atoms with Crippen LogP contribution in [-0.2, 0) is 11.2 Å². The Kier molecular flexibility index (Phi) is 6.92. The maximum absolute atomic E-state index is 11.6. The van der Waals surface area contributed by atoms with Crippen molar-refractivity contribution in [3.8, 4) is 5.75 Å². The summed E-state index contributed by atoms with van der Waals surface area (Å²) in [6.07, 6.45) is -0.00424. The lowest BCUT2D eigenvalue weighted by atomic mass is 10.1. The Morgan fingerprint density at radius 2 is 2.00 bits per heavy atom. The molecule has 1 aromatic carbocycles. The van der Waals surface area contributed by atoms with Crippen molar-refractivity contribution in [2.24, 2.45) is 0 Å². The van der Waals surface area contributed by atoms with Crippen molar-refractivity contribution in [3.05, 3.63) is 29.8 Å². The van der Waals surface area contributed by atoms with Crippen LogP contribution in [0.25, 0.3) is 0 Å². The van der Waals surface area contributed by atoms with Crippen LogP contribution in [0.2, 0.25) is 0 Å². The summed E-state index contributed by atoms with van der Waals surface area (Å²) in [6.45, 7) is 3.46. The Labute approximate surface area is 114 Å². The third kappa shape index (κ3) is 6.79. The van der Waals surface area contributed by atoms with Crippen LogP contribution in [-0.4, -0.2) is 43.9 Å². The summed E-state index contributed by atoms with van der Waals surface area (Å²) in [5.74, 6) is 0.774. The summed E-state index contributed by atoms with van der Waals surface area (Å²) in [7, 11) is 1.61. The highest BCUT2D eigenvalue weighted by atomic mass is 16.5. The van der Waals surface area contributed by atoms with Crippen LogP contribution >= 0.6 is 0 Å². The zero-order valence-corrected chi connectivity index (χ0v) is 11.5. The van der Waals surface area contributed by atoms with Gasteiger partial charge in [-0.05, 0) is 24.6 Å². The number of methoxy groups -OCH3 is 1. The monoisotopic (exact) mass is 266 g/mol. The van der Waals surface area contributed by atoms with Gasteiger partial charge >= 0.3 is 0 Å². The summed E-state index contributed by atoms with van der Waals surface area (Å²) < 4.78 is 5.06. The second kappa shape index (κ2) is 8.50. The van der Waals surface area contributed by atoms with Crippen molar-refractivity contribution in [2.75, 3.05) is 26.7 Å². The van der Waals surface area contributed by atoms with Crippen LogP contribution in [0, 0.1) is 0 Å². The van der Waals surface area contributed by atoms with E-state index in [1.165, 1.54) is 0 Å². The quantitative estimate of drug-likeness (QED) is 0.593. The van der Waals surface area contributed by atoms with Crippen LogP contribution in [0.1, 0.15) is 12.5 Å². The predicted octanol–water partition coefficient (Wildman–Crippen LogP) is 0.324. The maximum Gasteiger partial charge on any atom is 0.224 e. The SMILES string of the molecule is COc1ccc(CC(=O)NCCNCC(C)O)cc1. The molecule has 0 bridgehead atoms. The number of amides is 1. The topological polar surface area (TPSA) is 70.6 Å². The van der Waals surface area contributed by atoms with E-state index < -0.39 is 0 Å². The van der Waals surface area contributed by atoms with Crippen LogP contribution in [0.5, 0.6) is 5.75 Å². The molecule has 0 aliphatic rings. The van der Waals surface area contributed by atoms with E-state index in [4.69, 9.17) is 9.84 Å². The molecule has 1 atom stereocenters. The van der Waals surface area contributed by atoms with Crippen LogP contribution in [0.4, 0.5) is 0 Å². The summed E-state index contributed by atoms with van der Waals surface area (Å²) >= 11 is 0. The number of carbonyl (C=O) groups is 1. The predicted molar refractivity (Wildman–Crippen MR) is 74.3 cm³/mol. The third-order valence-corrected chi connectivity index (χ3v) is 2.59. The van der Waals surface area contributed by atoms with E-state index in [1.807, 2.05) is 24.3 Å². The molecule has 0 spiro atoms. The number of ether oxygens (including phenoxy) is 1. The Bertz CT molecular complexity index is 377. The van der Waals surface area contributed by atoms with Gasteiger partial charge in [-0.1, -0.05) is 12.1 Å². The van der Waals surface area contributed by atoms with Crippen LogP contribution in [0.15, 0.2) is 24.3 Å². The molecular formula is C14H22N2O3. The first kappa shape index (κ1) is 15.5. The Hall–Kier alpha value is -1.59. The molecule has 1 rings (SSSR count). The van der Waals surface area contributed by atoms with Gasteiger partial charge in [0.05, 0.1) is 19.6 Å². The molecule has 1 aromatic rings. The van der Waals surface area contributed by atoms with Gasteiger partial charge in [0, 0.05) is 19.6 Å². The number of hydrogen-bond donors (Lipinski definition) is 3. The average Bonchev–Trinajstić information content (AvgIpc) is 2.39. The average molecular weight is 266 g/mol. The number of rotatable bonds is 8. The number of hydrogen-bond acceptors (Lipinski definition) is 4. The molecule has 5 heteroatoms. The molecule has 106 valence electrons. The lowest BCUT2D eigenvalue weighted by Gasteiger charge is -2.08. The summed E-state index contributed by atoms with van der Waals surface area (Å²) in [5, 5.41) is 14.9. The van der Waals surface area contributed by atoms with Crippen LogP contribution < -0.4 is 15.4 Å². The van der Waals surface area contributed by atoms with Gasteiger partial charge in [-0.2, -0.15) is 0 Å². The molecule has 0 saturated heterocycles. The summed E-state index contributed by atoms with van der Waals surface area (Å²) in [6, 6.07) is 7.44. The van der Waals surface area contributed by atoms with Gasteiger partial charge in [-0.25, -0.2) is 0 Å². The number of carbonyl (C=O) groups excluding carboxylic acids is 1. The van der Waals surface area contributed by atoms with Crippen molar-refractivity contribution in [1.82, 2.24) is 10.6 Å². The zero-order valence-electron chi connectivity index (χ0n) is 11.5. The van der Waals surface area contributed by atoms with Gasteiger partial charge < -0.3 is 20.5 Å². The molecule has 0 aliphatic heterocycles. The molecule has 3 N–H and O–H groups in total. The third-order valence-electron chi connectivity index (χ3n) is 2.59. The molecule has 0 radical (unpaired) electrons. The highest BCUT2D eigenvalue weighted by molar-refractivity contribution is 5.78. The lowest BCUT2D eigenvalue weighted by Crippen LogP contribution is -2.35. The van der Waals surface area contributed by atoms with E-state index in [9.17, 15) is 4.79 Å². The second-order valence-electron chi connectivity index (χ2n) is 4.43. The fourth-order valence-electron chi connectivity index (χ4n) is 1.59. The minimum atomic E-state index is -0.366. The van der Waals surface area contributed by atoms with Gasteiger partial charge in [0.15, 0.2) is 0 Å². The van der Waals surface area contributed by atoms with Gasteiger partial charge in [0.25, 0.3) is 0 Å². The fraction of sp³-hybridized carbons (Fsp3) is 0.500. The summed E-state index contributed by atoms with van der Waals surface area (Å²) in [5.41, 5.74) is 0.954. The van der Waals surface area contributed by atoms with Gasteiger partial charge in [0.2, 0.25) is 5.91 Å². The van der Waals surface area contributed by atoms with Crippen LogP contribution in [0.3, 0.4) is 0 Å².